The molecule has 0 saturated heterocycles. The molecule has 3 N–H and O–H groups in total. The first-order chi connectivity index (χ1) is 8.52. The number of nitrogen functional groups attached to an aromatic ring is 1. The van der Waals surface area contributed by atoms with E-state index in [4.69, 9.17) is 11.0 Å². The third-order valence-corrected chi connectivity index (χ3v) is 3.31. The molecule has 18 heavy (non-hydrogen) atoms. The van der Waals surface area contributed by atoms with Crippen molar-refractivity contribution in [1.29, 1.82) is 5.26 Å². The van der Waals surface area contributed by atoms with Crippen LogP contribution in [0.4, 0.5) is 17.1 Å². The Hall–Kier alpha value is -2.22. The summed E-state index contributed by atoms with van der Waals surface area (Å²) in [5.74, 6) is -0.00530. The average Bonchev–Trinajstić information content (AvgIpc) is 2.66. The van der Waals surface area contributed by atoms with E-state index >= 15 is 0 Å². The van der Waals surface area contributed by atoms with Crippen molar-refractivity contribution >= 4 is 23.0 Å². The van der Waals surface area contributed by atoms with Gasteiger partial charge in [0.15, 0.2) is 0 Å². The summed E-state index contributed by atoms with van der Waals surface area (Å²) >= 11 is 0. The second-order valence-electron chi connectivity index (χ2n) is 4.62. The van der Waals surface area contributed by atoms with Crippen LogP contribution in [0.3, 0.4) is 0 Å². The van der Waals surface area contributed by atoms with Crippen molar-refractivity contribution in [3.8, 4) is 6.07 Å². The Morgan fingerprint density at radius 2 is 2.33 bits per heavy atom. The van der Waals surface area contributed by atoms with Gasteiger partial charge in [-0.3, -0.25) is 4.79 Å². The summed E-state index contributed by atoms with van der Waals surface area (Å²) in [5.41, 5.74) is 9.25. The van der Waals surface area contributed by atoms with Gasteiger partial charge in [0.1, 0.15) is 0 Å². The Balaban J connectivity index is 2.33. The van der Waals surface area contributed by atoms with E-state index in [1.807, 2.05) is 31.0 Å². The summed E-state index contributed by atoms with van der Waals surface area (Å²) < 4.78 is 0. The van der Waals surface area contributed by atoms with Gasteiger partial charge < -0.3 is 16.0 Å². The van der Waals surface area contributed by atoms with Crippen LogP contribution in [-0.4, -0.2) is 19.0 Å². The van der Waals surface area contributed by atoms with Crippen molar-refractivity contribution in [3.63, 3.8) is 0 Å². The van der Waals surface area contributed by atoms with Crippen molar-refractivity contribution in [3.05, 3.63) is 17.7 Å². The number of amides is 1. The predicted octanol–water partition coefficient (Wildman–Crippen LogP) is 1.50. The van der Waals surface area contributed by atoms with Gasteiger partial charge in [0, 0.05) is 18.8 Å². The lowest BCUT2D eigenvalue weighted by Gasteiger charge is -2.27. The molecule has 5 heteroatoms. The van der Waals surface area contributed by atoms with Gasteiger partial charge >= 0.3 is 0 Å². The number of hydrogen-bond acceptors (Lipinski definition) is 4. The highest BCUT2D eigenvalue weighted by Gasteiger charge is 2.21. The minimum Gasteiger partial charge on any atom is -0.397 e. The molecule has 94 valence electrons. The number of nitrogens with two attached hydrogens (primary N) is 1. The molecule has 0 bridgehead atoms. The minimum absolute atomic E-state index is 0.00530. The van der Waals surface area contributed by atoms with Crippen LogP contribution in [0.2, 0.25) is 0 Å². The first-order valence-corrected chi connectivity index (χ1v) is 5.85. The van der Waals surface area contributed by atoms with E-state index in [0.717, 1.165) is 16.9 Å². The van der Waals surface area contributed by atoms with Gasteiger partial charge in [0.05, 0.1) is 30.3 Å². The van der Waals surface area contributed by atoms with E-state index in [0.29, 0.717) is 18.5 Å². The summed E-state index contributed by atoms with van der Waals surface area (Å²) in [4.78, 5) is 13.3. The number of hydrogen-bond donors (Lipinski definition) is 2. The maximum Gasteiger partial charge on any atom is 0.228 e. The van der Waals surface area contributed by atoms with Crippen LogP contribution >= 0.6 is 0 Å². The highest BCUT2D eigenvalue weighted by Crippen LogP contribution is 2.34. The quantitative estimate of drug-likeness (QED) is 0.789. The molecule has 1 heterocycles. The van der Waals surface area contributed by atoms with Crippen molar-refractivity contribution in [1.82, 2.24) is 0 Å². The number of anilines is 3. The molecule has 0 aliphatic carbocycles. The van der Waals surface area contributed by atoms with Gasteiger partial charge in [0.2, 0.25) is 5.91 Å². The Labute approximate surface area is 106 Å². The summed E-state index contributed by atoms with van der Waals surface area (Å²) in [5, 5.41) is 11.5. The van der Waals surface area contributed by atoms with E-state index in [-0.39, 0.29) is 11.9 Å². The van der Waals surface area contributed by atoms with Crippen LogP contribution in [-0.2, 0) is 11.2 Å². The molecule has 0 spiro atoms. The van der Waals surface area contributed by atoms with Gasteiger partial charge in [-0.15, -0.1) is 0 Å². The fourth-order valence-corrected chi connectivity index (χ4v) is 2.09. The Bertz CT molecular complexity index is 533. The van der Waals surface area contributed by atoms with Crippen LogP contribution in [0.1, 0.15) is 18.9 Å². The Morgan fingerprint density at radius 1 is 1.61 bits per heavy atom. The monoisotopic (exact) mass is 244 g/mol. The fourth-order valence-electron chi connectivity index (χ4n) is 2.09. The maximum atomic E-state index is 11.3. The molecule has 5 nitrogen and oxygen atoms in total. The third-order valence-electron chi connectivity index (χ3n) is 3.31. The topological polar surface area (TPSA) is 82.2 Å². The van der Waals surface area contributed by atoms with E-state index in [9.17, 15) is 4.79 Å². The Kier molecular flexibility index (Phi) is 3.11. The summed E-state index contributed by atoms with van der Waals surface area (Å²) in [6.45, 7) is 1.97. The first-order valence-electron chi connectivity index (χ1n) is 5.85. The summed E-state index contributed by atoms with van der Waals surface area (Å²) in [7, 11) is 1.90. The molecule has 2 rings (SSSR count). The van der Waals surface area contributed by atoms with Crippen LogP contribution in [0.5, 0.6) is 0 Å². The molecule has 0 radical (unpaired) electrons. The van der Waals surface area contributed by atoms with E-state index in [2.05, 4.69) is 11.4 Å². The molecule has 0 fully saturated rings. The van der Waals surface area contributed by atoms with Crippen LogP contribution in [0.25, 0.3) is 0 Å². The molecule has 0 aromatic heterocycles. The number of nitrogens with one attached hydrogen (secondary N) is 1. The number of benzene rings is 1. The van der Waals surface area contributed by atoms with E-state index in [1.54, 1.807) is 0 Å². The zero-order valence-electron chi connectivity index (χ0n) is 10.5. The number of rotatable bonds is 3. The molecule has 1 aliphatic heterocycles. The number of nitrogens with zero attached hydrogens (tertiary/aromatic N) is 2. The van der Waals surface area contributed by atoms with Crippen molar-refractivity contribution in [2.24, 2.45) is 0 Å². The zero-order chi connectivity index (χ0) is 13.3. The van der Waals surface area contributed by atoms with Crippen molar-refractivity contribution in [2.75, 3.05) is 23.0 Å². The normalized spacial score (nSPS) is 14.6. The number of fused-ring (bicyclic) bond motifs is 1. The molecule has 1 atom stereocenters. The molecule has 1 aromatic rings. The first kappa shape index (κ1) is 12.2. The van der Waals surface area contributed by atoms with Gasteiger partial charge in [-0.25, -0.2) is 0 Å². The van der Waals surface area contributed by atoms with Crippen molar-refractivity contribution < 1.29 is 4.79 Å². The molecule has 1 aromatic carbocycles. The van der Waals surface area contributed by atoms with Crippen LogP contribution in [0.15, 0.2) is 12.1 Å². The lowest BCUT2D eigenvalue weighted by Crippen LogP contribution is -2.29. The predicted molar refractivity (Wildman–Crippen MR) is 71.3 cm³/mol. The van der Waals surface area contributed by atoms with E-state index < -0.39 is 0 Å². The lowest BCUT2D eigenvalue weighted by atomic mass is 10.1. The highest BCUT2D eigenvalue weighted by atomic mass is 16.1. The molecule has 0 saturated carbocycles. The Morgan fingerprint density at radius 3 is 3.00 bits per heavy atom. The molecule has 1 amide bonds. The molecule has 1 unspecified atom stereocenters. The van der Waals surface area contributed by atoms with E-state index in [1.165, 1.54) is 0 Å². The molecule has 1 aliphatic rings. The summed E-state index contributed by atoms with van der Waals surface area (Å²) in [6.07, 6.45) is 0.816. The number of nitriles is 1. The van der Waals surface area contributed by atoms with Crippen molar-refractivity contribution in [2.45, 2.75) is 25.8 Å². The molecular formula is C13H16N4O. The zero-order valence-corrected chi connectivity index (χ0v) is 10.5. The number of carbonyl (C=O) groups excluding carboxylic acids is 1. The number of carbonyl (C=O) groups is 1. The standard InChI is InChI=1S/C13H16N4O/c1-8(3-4-14)17(2)12-7-11-9(5-10(12)15)6-13(18)16-11/h5,7-8H,3,6,15H2,1-2H3,(H,16,18). The third kappa shape index (κ3) is 2.09. The van der Waals surface area contributed by atoms with Gasteiger partial charge in [-0.2, -0.15) is 5.26 Å². The maximum absolute atomic E-state index is 11.3. The lowest BCUT2D eigenvalue weighted by molar-refractivity contribution is -0.115. The van der Waals surface area contributed by atoms with Gasteiger partial charge in [-0.1, -0.05) is 0 Å². The smallest absolute Gasteiger partial charge is 0.228 e. The van der Waals surface area contributed by atoms with Gasteiger partial charge in [-0.05, 0) is 24.6 Å². The second-order valence-corrected chi connectivity index (χ2v) is 4.62. The van der Waals surface area contributed by atoms with Crippen LogP contribution in [0, 0.1) is 11.3 Å². The van der Waals surface area contributed by atoms with Gasteiger partial charge in [0.25, 0.3) is 0 Å². The molecular weight excluding hydrogens is 228 g/mol. The largest absolute Gasteiger partial charge is 0.397 e. The fraction of sp³-hybridized carbons (Fsp3) is 0.385. The van der Waals surface area contributed by atoms with Crippen LogP contribution < -0.4 is 16.0 Å². The highest BCUT2D eigenvalue weighted by molar-refractivity contribution is 6.00. The minimum atomic E-state index is -0.00530. The summed E-state index contributed by atoms with van der Waals surface area (Å²) in [6, 6.07) is 5.93. The average molecular weight is 244 g/mol. The SMILES string of the molecule is CC(CC#N)N(C)c1cc2c(cc1N)CC(=O)N2. The second kappa shape index (κ2) is 4.57.